The maximum Gasteiger partial charge on any atom is 0.270 e. The van der Waals surface area contributed by atoms with E-state index >= 15 is 0 Å². The number of hydrogen-bond donors (Lipinski definition) is 4. The Bertz CT molecular complexity index is 1820. The van der Waals surface area contributed by atoms with Crippen molar-refractivity contribution in [3.8, 4) is 5.75 Å². The van der Waals surface area contributed by atoms with Crippen LogP contribution in [0.25, 0.3) is 11.0 Å². The number of carbonyl (C=O) groups excluding carboxylic acids is 3. The first-order chi connectivity index (χ1) is 22.7. The Kier molecular flexibility index (Phi) is 8.01. The molecule has 3 aliphatic carbocycles. The van der Waals surface area contributed by atoms with Gasteiger partial charge in [0.2, 0.25) is 11.8 Å². The molecular formula is C36H43N7O4. The van der Waals surface area contributed by atoms with Gasteiger partial charge in [-0.1, -0.05) is 31.2 Å². The number of imidazole rings is 1. The number of aryl methyl sites for hydroxylation is 1. The lowest BCUT2D eigenvalue weighted by Gasteiger charge is -2.44. The van der Waals surface area contributed by atoms with E-state index in [1.807, 2.05) is 56.3 Å². The predicted molar refractivity (Wildman–Crippen MR) is 177 cm³/mol. The van der Waals surface area contributed by atoms with Crippen molar-refractivity contribution in [2.75, 3.05) is 13.2 Å². The van der Waals surface area contributed by atoms with Gasteiger partial charge in [-0.25, -0.2) is 4.98 Å². The summed E-state index contributed by atoms with van der Waals surface area (Å²) in [6.45, 7) is 6.93. The molecule has 246 valence electrons. The van der Waals surface area contributed by atoms with Gasteiger partial charge in [0.15, 0.2) is 0 Å². The third-order valence-electron chi connectivity index (χ3n) is 10.8. The second-order valence-electron chi connectivity index (χ2n) is 13.8. The number of amides is 3. The topological polar surface area (TPSA) is 143 Å². The van der Waals surface area contributed by atoms with Crippen molar-refractivity contribution in [2.24, 2.45) is 24.3 Å². The van der Waals surface area contributed by atoms with Gasteiger partial charge in [0, 0.05) is 36.7 Å². The number of likely N-dealkylation sites (N-methyl/N-ethyl adjacent to an activating group) is 1. The second-order valence-corrected chi connectivity index (χ2v) is 13.8. The summed E-state index contributed by atoms with van der Waals surface area (Å²) in [6.07, 6.45) is 5.71. The molecule has 11 nitrogen and oxygen atoms in total. The molecule has 0 radical (unpaired) electrons. The molecule has 4 aliphatic rings. The first-order valence-electron chi connectivity index (χ1n) is 16.8. The Hall–Kier alpha value is -4.67. The maximum absolute atomic E-state index is 13.7. The van der Waals surface area contributed by atoms with Crippen molar-refractivity contribution in [1.82, 2.24) is 35.7 Å². The van der Waals surface area contributed by atoms with Crippen LogP contribution in [0.4, 0.5) is 0 Å². The molecule has 0 saturated heterocycles. The first kappa shape index (κ1) is 31.0. The van der Waals surface area contributed by atoms with Gasteiger partial charge in [-0.05, 0) is 81.2 Å². The van der Waals surface area contributed by atoms with Crippen LogP contribution in [-0.4, -0.2) is 56.7 Å². The van der Waals surface area contributed by atoms with Gasteiger partial charge in [0.05, 0.1) is 29.6 Å². The first-order valence-corrected chi connectivity index (χ1v) is 16.8. The van der Waals surface area contributed by atoms with Crippen LogP contribution in [0, 0.1) is 17.3 Å². The normalized spacial score (nSPS) is 24.7. The van der Waals surface area contributed by atoms with Gasteiger partial charge in [-0.15, -0.1) is 0 Å². The highest BCUT2D eigenvalue weighted by atomic mass is 16.5. The highest BCUT2D eigenvalue weighted by molar-refractivity contribution is 5.93. The molecule has 1 aliphatic heterocycles. The fourth-order valence-corrected chi connectivity index (χ4v) is 8.19. The number of nitrogens with one attached hydrogen (secondary N) is 4. The van der Waals surface area contributed by atoms with Crippen molar-refractivity contribution >= 4 is 28.8 Å². The Morgan fingerprint density at radius 2 is 1.91 bits per heavy atom. The molecule has 4 aromatic rings. The van der Waals surface area contributed by atoms with Crippen molar-refractivity contribution in [2.45, 2.75) is 70.4 Å². The zero-order valence-electron chi connectivity index (χ0n) is 27.4. The highest BCUT2D eigenvalue weighted by Crippen LogP contribution is 2.60. The molecular weight excluding hydrogens is 594 g/mol. The molecule has 3 fully saturated rings. The lowest BCUT2D eigenvalue weighted by molar-refractivity contribution is -0.134. The van der Waals surface area contributed by atoms with Crippen LogP contribution < -0.4 is 20.7 Å². The van der Waals surface area contributed by atoms with E-state index in [4.69, 9.17) is 9.72 Å². The van der Waals surface area contributed by atoms with Crippen LogP contribution in [0.15, 0.2) is 54.7 Å². The van der Waals surface area contributed by atoms with E-state index in [0.717, 1.165) is 53.6 Å². The molecule has 2 bridgehead atoms. The summed E-state index contributed by atoms with van der Waals surface area (Å²) in [5.74, 6) is 1.06. The van der Waals surface area contributed by atoms with Gasteiger partial charge in [0.1, 0.15) is 23.3 Å². The molecule has 2 aromatic heterocycles. The number of para-hydroxylation sites is 1. The number of fused-ring (bicyclic) bond motifs is 3. The van der Waals surface area contributed by atoms with E-state index in [9.17, 15) is 14.4 Å². The third-order valence-corrected chi connectivity index (χ3v) is 10.8. The molecule has 3 heterocycles. The fourth-order valence-electron chi connectivity index (χ4n) is 8.19. The maximum atomic E-state index is 13.7. The Balaban J connectivity index is 1.18. The number of hydrogen-bond acceptors (Lipinski definition) is 6. The van der Waals surface area contributed by atoms with E-state index in [1.165, 1.54) is 0 Å². The van der Waals surface area contributed by atoms with Crippen molar-refractivity contribution in [1.29, 1.82) is 0 Å². The van der Waals surface area contributed by atoms with E-state index < -0.39 is 18.0 Å². The number of aromatic nitrogens is 4. The Labute approximate surface area is 274 Å². The number of H-pyrrole nitrogens is 1. The molecule has 3 amide bonds. The zero-order valence-corrected chi connectivity index (χ0v) is 27.4. The molecule has 8 rings (SSSR count). The van der Waals surface area contributed by atoms with Crippen molar-refractivity contribution in [3.63, 3.8) is 0 Å². The number of carbonyl (C=O) groups is 3. The molecule has 3 saturated carbocycles. The summed E-state index contributed by atoms with van der Waals surface area (Å²) >= 11 is 0. The molecule has 0 spiro atoms. The van der Waals surface area contributed by atoms with E-state index in [2.05, 4.69) is 33.0 Å². The Morgan fingerprint density at radius 3 is 2.64 bits per heavy atom. The molecule has 2 unspecified atom stereocenters. The van der Waals surface area contributed by atoms with E-state index in [-0.39, 0.29) is 35.0 Å². The number of benzene rings is 2. The summed E-state index contributed by atoms with van der Waals surface area (Å²) in [7, 11) is 1.74. The van der Waals surface area contributed by atoms with E-state index in [1.54, 1.807) is 24.0 Å². The van der Waals surface area contributed by atoms with E-state index in [0.29, 0.717) is 30.6 Å². The molecule has 5 atom stereocenters. The van der Waals surface area contributed by atoms with Crippen LogP contribution >= 0.6 is 0 Å². The lowest BCUT2D eigenvalue weighted by Crippen LogP contribution is -2.58. The highest BCUT2D eigenvalue weighted by Gasteiger charge is 2.57. The summed E-state index contributed by atoms with van der Waals surface area (Å²) < 4.78 is 7.60. The largest absolute Gasteiger partial charge is 0.493 e. The van der Waals surface area contributed by atoms with Crippen molar-refractivity contribution in [3.05, 3.63) is 77.4 Å². The summed E-state index contributed by atoms with van der Waals surface area (Å²) in [5.41, 5.74) is 3.64. The van der Waals surface area contributed by atoms with Crippen LogP contribution in [0.1, 0.15) is 91.8 Å². The minimum absolute atomic E-state index is 0.0809. The van der Waals surface area contributed by atoms with Gasteiger partial charge >= 0.3 is 0 Å². The quantitative estimate of drug-likeness (QED) is 0.202. The summed E-state index contributed by atoms with van der Waals surface area (Å²) in [6, 6.07) is 14.4. The smallest absolute Gasteiger partial charge is 0.270 e. The second kappa shape index (κ2) is 12.2. The standard InChI is InChI=1S/C36H43N7O4/c1-5-37-35(46)31(36-14-12-22(17-36)18-36)42-33(44)21(3)23-10-11-25-26(16-23)40-32(39-25)30(41-34(45)27-13-15-38-43(27)4)29-20(2)19-47-28-9-7-6-8-24(28)29/h6-11,13,15-16,20-22,29-31H,5,12,14,17-19H2,1-4H3,(H,37,46)(H,39,40)(H,41,45)(H,42,44)/t20?,21?,22?,29-,30+,31+,36?/m1/s1. The van der Waals surface area contributed by atoms with Crippen LogP contribution in [0.3, 0.4) is 0 Å². The summed E-state index contributed by atoms with van der Waals surface area (Å²) in [5, 5.41) is 13.5. The van der Waals surface area contributed by atoms with Gasteiger partial charge in [-0.3, -0.25) is 19.1 Å². The number of rotatable bonds is 10. The average molecular weight is 638 g/mol. The number of nitrogens with zero attached hydrogens (tertiary/aromatic N) is 3. The zero-order chi connectivity index (χ0) is 32.9. The monoisotopic (exact) mass is 637 g/mol. The minimum Gasteiger partial charge on any atom is -0.493 e. The fraction of sp³-hybridized carbons (Fsp3) is 0.472. The number of ether oxygens (including phenoxy) is 1. The van der Waals surface area contributed by atoms with Crippen LogP contribution in [0.2, 0.25) is 0 Å². The average Bonchev–Trinajstić information content (AvgIpc) is 3.86. The van der Waals surface area contributed by atoms with Gasteiger partial charge < -0.3 is 25.7 Å². The lowest BCUT2D eigenvalue weighted by atomic mass is 9.64. The van der Waals surface area contributed by atoms with Gasteiger partial charge in [0.25, 0.3) is 5.91 Å². The number of aromatic amines is 1. The Morgan fingerprint density at radius 1 is 1.11 bits per heavy atom. The van der Waals surface area contributed by atoms with Gasteiger partial charge in [-0.2, -0.15) is 5.10 Å². The third kappa shape index (κ3) is 5.55. The molecule has 11 heteroatoms. The molecule has 4 N–H and O–H groups in total. The molecule has 2 aromatic carbocycles. The summed E-state index contributed by atoms with van der Waals surface area (Å²) in [4.78, 5) is 48.8. The predicted octanol–water partition coefficient (Wildman–Crippen LogP) is 4.49. The minimum atomic E-state index is -0.522. The SMILES string of the molecule is CCNC(=O)[C@H](NC(=O)C(C)c1ccc2nc([C@@H](NC(=O)c3ccnn3C)[C@H]3c4ccccc4OCC3C)[nH]c2c1)C12CCC(C1)C2. The van der Waals surface area contributed by atoms with Crippen LogP contribution in [0.5, 0.6) is 5.75 Å². The van der Waals surface area contributed by atoms with Crippen LogP contribution in [-0.2, 0) is 16.6 Å². The van der Waals surface area contributed by atoms with Crippen molar-refractivity contribution < 1.29 is 19.1 Å². The molecule has 47 heavy (non-hydrogen) atoms.